The van der Waals surface area contributed by atoms with E-state index in [0.717, 1.165) is 201 Å². The molecule has 129 heavy (non-hydrogen) atoms. The summed E-state index contributed by atoms with van der Waals surface area (Å²) in [5.74, 6) is -1.78. The molecule has 9 amide bonds. The maximum absolute atomic E-state index is 13.4. The van der Waals surface area contributed by atoms with Crippen LogP contribution in [-0.4, -0.2) is 262 Å². The number of aromatic nitrogens is 8. The lowest BCUT2D eigenvalue weighted by atomic mass is 9.90. The Hall–Kier alpha value is -13.2. The summed E-state index contributed by atoms with van der Waals surface area (Å²) in [4.78, 5) is 152. The van der Waals surface area contributed by atoms with E-state index >= 15 is 0 Å². The summed E-state index contributed by atoms with van der Waals surface area (Å²) in [6.07, 6.45) is 12.3. The van der Waals surface area contributed by atoms with Crippen molar-refractivity contribution in [3.63, 3.8) is 0 Å². The first-order valence-corrected chi connectivity index (χ1v) is 44.4. The molecule has 0 bridgehead atoms. The van der Waals surface area contributed by atoms with Crippen molar-refractivity contribution in [3.05, 3.63) is 192 Å². The van der Waals surface area contributed by atoms with Gasteiger partial charge in [-0.15, -0.1) is 0 Å². The number of aliphatic carboxylic acids is 1. The maximum atomic E-state index is 13.4. The SMILES string of the molecule is NCCOCCN1CCN(C2CCC(n3nc(-c4ccc(Oc5ccccc5)cc4)c4c(N)ncnc43)CC2)CC1.Nc1ncnc2c1c(-c1ccc(Oc3ccccc3)cc1)nn2C1CCC(N2CCN(CCOCCNC(=O)CCc3cccc4c3C(=O)N(C3CCC(=O)NC3=O)C4=O)CC2)CC1.O=C(O)CCc1cccc2c1C(=O)N(C1CCC(=O)NC1=O)C2=O. The Kier molecular flexibility index (Phi) is 28.6. The number of carbonyl (C=O) groups is 10. The van der Waals surface area contributed by atoms with E-state index in [9.17, 15) is 47.9 Å². The van der Waals surface area contributed by atoms with Gasteiger partial charge in [0.25, 0.3) is 23.6 Å². The molecule has 6 aromatic carbocycles. The second-order valence-corrected chi connectivity index (χ2v) is 33.4. The summed E-state index contributed by atoms with van der Waals surface area (Å²) in [5.41, 5.74) is 25.2. The van der Waals surface area contributed by atoms with E-state index in [1.165, 1.54) is 12.4 Å². The van der Waals surface area contributed by atoms with Crippen LogP contribution in [-0.2, 0) is 51.1 Å². The number of carbonyl (C=O) groups excluding carboxylic acids is 9. The number of anilines is 2. The molecular weight excluding hydrogens is 1650 g/mol. The van der Waals surface area contributed by atoms with Gasteiger partial charge in [-0.2, -0.15) is 10.2 Å². The first kappa shape index (κ1) is 89.2. The highest BCUT2D eigenvalue weighted by atomic mass is 16.5. The molecular formula is C94H106N20O15. The van der Waals surface area contributed by atoms with Crippen LogP contribution in [0.4, 0.5) is 11.6 Å². The Morgan fingerprint density at radius 2 is 0.845 bits per heavy atom. The smallest absolute Gasteiger partial charge is 0.303 e. The average Bonchev–Trinajstić information content (AvgIpc) is 1.62. The van der Waals surface area contributed by atoms with Gasteiger partial charge in [-0.1, -0.05) is 60.7 Å². The van der Waals surface area contributed by atoms with E-state index in [2.05, 4.69) is 64.8 Å². The minimum Gasteiger partial charge on any atom is -0.481 e. The van der Waals surface area contributed by atoms with Gasteiger partial charge in [0.2, 0.25) is 29.5 Å². The van der Waals surface area contributed by atoms with Crippen LogP contribution >= 0.6 is 0 Å². The predicted octanol–water partition coefficient (Wildman–Crippen LogP) is 8.19. The number of ether oxygens (including phenoxy) is 4. The van der Waals surface area contributed by atoms with Gasteiger partial charge in [0.15, 0.2) is 11.3 Å². The molecule has 4 saturated heterocycles. The number of nitrogens with one attached hydrogen (secondary N) is 3. The Balaban J connectivity index is 0.000000159. The number of fused-ring (bicyclic) bond motifs is 4. The van der Waals surface area contributed by atoms with Gasteiger partial charge in [0.1, 0.15) is 70.8 Å². The van der Waals surface area contributed by atoms with Crippen LogP contribution in [0.15, 0.2) is 158 Å². The first-order chi connectivity index (χ1) is 62.8. The lowest BCUT2D eigenvalue weighted by Gasteiger charge is -2.42. The molecule has 10 N–H and O–H groups in total. The van der Waals surface area contributed by atoms with Crippen molar-refractivity contribution in [2.75, 3.05) is 116 Å². The van der Waals surface area contributed by atoms with Crippen LogP contribution in [0.1, 0.15) is 155 Å². The van der Waals surface area contributed by atoms with Gasteiger partial charge in [0.05, 0.1) is 71.5 Å². The maximum Gasteiger partial charge on any atom is 0.303 e. The molecule has 0 radical (unpaired) electrons. The summed E-state index contributed by atoms with van der Waals surface area (Å²) >= 11 is 0. The number of carboxylic acid groups (broad SMARTS) is 1. The fraction of sp³-hybridized carbons (Fsp3) is 0.404. The fourth-order valence-electron chi connectivity index (χ4n) is 18.7. The molecule has 2 aliphatic carbocycles. The van der Waals surface area contributed by atoms with Crippen molar-refractivity contribution in [1.29, 1.82) is 0 Å². The molecule has 2 saturated carbocycles. The molecule has 4 aromatic heterocycles. The van der Waals surface area contributed by atoms with Gasteiger partial charge in [-0.25, -0.2) is 29.3 Å². The van der Waals surface area contributed by atoms with E-state index in [1.54, 1.807) is 36.7 Å². The molecule has 6 fully saturated rings. The number of nitrogens with zero attached hydrogens (tertiary/aromatic N) is 14. The van der Waals surface area contributed by atoms with Crippen molar-refractivity contribution >= 4 is 92.8 Å². The highest BCUT2D eigenvalue weighted by molar-refractivity contribution is 6.25. The number of piperidine rings is 2. The first-order valence-electron chi connectivity index (χ1n) is 44.4. The number of nitrogens with two attached hydrogens (primary N) is 3. The summed E-state index contributed by atoms with van der Waals surface area (Å²) < 4.78 is 27.6. The molecule has 35 heteroatoms. The number of piperazine rings is 2. The van der Waals surface area contributed by atoms with Crippen LogP contribution in [0.3, 0.4) is 0 Å². The highest BCUT2D eigenvalue weighted by Gasteiger charge is 2.48. The van der Waals surface area contributed by atoms with Gasteiger partial charge in [0, 0.05) is 127 Å². The van der Waals surface area contributed by atoms with Crippen molar-refractivity contribution in [3.8, 4) is 45.5 Å². The number of benzene rings is 6. The Morgan fingerprint density at radius 3 is 1.26 bits per heavy atom. The molecule has 0 spiro atoms. The van der Waals surface area contributed by atoms with Crippen LogP contribution in [0, 0.1) is 0 Å². The third-order valence-corrected chi connectivity index (χ3v) is 25.4. The van der Waals surface area contributed by atoms with Crippen LogP contribution in [0.25, 0.3) is 44.6 Å². The molecule has 35 nitrogen and oxygen atoms in total. The lowest BCUT2D eigenvalue weighted by Crippen LogP contribution is -2.54. The van der Waals surface area contributed by atoms with Crippen LogP contribution < -0.4 is 42.6 Å². The van der Waals surface area contributed by atoms with E-state index < -0.39 is 65.3 Å². The quantitative estimate of drug-likeness (QED) is 0.0171. The minimum atomic E-state index is -1.04. The third kappa shape index (κ3) is 20.7. The summed E-state index contributed by atoms with van der Waals surface area (Å²) in [5, 5.41) is 27.8. The third-order valence-electron chi connectivity index (χ3n) is 25.4. The molecule has 2 unspecified atom stereocenters. The predicted molar refractivity (Wildman–Crippen MR) is 476 cm³/mol. The number of hydrogen-bond donors (Lipinski definition) is 7. The molecule has 10 aromatic rings. The van der Waals surface area contributed by atoms with Gasteiger partial charge < -0.3 is 46.6 Å². The van der Waals surface area contributed by atoms with Crippen molar-refractivity contribution < 1.29 is 72.0 Å². The topological polar surface area (TPSA) is 449 Å². The second-order valence-electron chi connectivity index (χ2n) is 33.4. The number of nitrogen functional groups attached to an aromatic ring is 2. The van der Waals surface area contributed by atoms with Crippen LogP contribution in [0.2, 0.25) is 0 Å². The van der Waals surface area contributed by atoms with E-state index in [0.29, 0.717) is 73.8 Å². The molecule has 8 aliphatic rings. The molecule has 672 valence electrons. The number of imide groups is 4. The zero-order valence-corrected chi connectivity index (χ0v) is 71.8. The molecule has 10 heterocycles. The van der Waals surface area contributed by atoms with E-state index in [4.69, 9.17) is 51.5 Å². The van der Waals surface area contributed by atoms with Gasteiger partial charge in [-0.05, 0) is 173 Å². The summed E-state index contributed by atoms with van der Waals surface area (Å²) in [6.45, 7) is 13.5. The summed E-state index contributed by atoms with van der Waals surface area (Å²) in [6, 6.07) is 44.5. The number of aryl methyl sites for hydroxylation is 2. The second kappa shape index (κ2) is 41.3. The molecule has 6 aliphatic heterocycles. The van der Waals surface area contributed by atoms with E-state index in [1.807, 2.05) is 109 Å². The summed E-state index contributed by atoms with van der Waals surface area (Å²) in [7, 11) is 0. The zero-order valence-electron chi connectivity index (χ0n) is 71.8. The lowest BCUT2D eigenvalue weighted by molar-refractivity contribution is -0.137. The zero-order chi connectivity index (χ0) is 89.6. The van der Waals surface area contributed by atoms with E-state index in [-0.39, 0.29) is 85.6 Å². The van der Waals surface area contributed by atoms with Crippen LogP contribution in [0.5, 0.6) is 23.0 Å². The van der Waals surface area contributed by atoms with Crippen molar-refractivity contribution in [2.24, 2.45) is 5.73 Å². The minimum absolute atomic E-state index is 0.0494. The molecule has 2 atom stereocenters. The number of hydrogen-bond acceptors (Lipinski definition) is 27. The highest BCUT2D eigenvalue weighted by Crippen LogP contribution is 2.42. The normalized spacial score (nSPS) is 20.5. The van der Waals surface area contributed by atoms with Gasteiger partial charge in [-0.3, -0.25) is 88.0 Å². The Morgan fingerprint density at radius 1 is 0.442 bits per heavy atom. The number of amides is 9. The Bertz CT molecular complexity index is 5750. The molecule has 18 rings (SSSR count). The fourth-order valence-corrected chi connectivity index (χ4v) is 18.7. The largest absolute Gasteiger partial charge is 0.481 e. The number of carboxylic acids is 1. The van der Waals surface area contributed by atoms with Crippen molar-refractivity contribution in [2.45, 2.75) is 139 Å². The van der Waals surface area contributed by atoms with Crippen molar-refractivity contribution in [1.82, 2.24) is 84.8 Å². The monoisotopic (exact) mass is 1750 g/mol. The Labute approximate surface area is 744 Å². The standard InChI is InChI=1S/C47H52N10O7.C31H40N8O2.C16H14N2O6/c48-43-41-42(31-9-16-35(17-10-31)64-34-6-2-1-3-7-34)53-57(44(41)51-29-50-43)33-14-12-32(13-15-33)55-24-22-54(23-25-55)26-28-63-27-21-49-38(58)19-11-30-5-4-8-36-40(30)47(62)56(46(36)61)37-18-20-39(59)52-45(37)60;32-14-20-40-21-19-37-15-17-38(18-16-37)24-8-10-25(11-9-24)39-31-28(30(33)34-22-35-31)29(36-39)23-6-12-27(13-7-23)41-26-4-2-1-3-5-26;19-11-6-5-10(14(22)17-11)18-15(23)9-3-1-2-8(4-7-12(20)21)13(9)16(18)24/h1-10,16-17,29,32-33,37H,11-15,18-28H2,(H,49,58)(H2,48,50,51)(H,52,59,60);1-7,12-13,22,24-25H,8-11,14-21,32H2,(H2,33,34,35);1-3,10H,4-7H2,(H,20,21)(H,17,19,22). The number of rotatable bonds is 29. The van der Waals surface area contributed by atoms with Gasteiger partial charge >= 0.3 is 5.97 Å². The average molecular weight is 1760 g/mol. The number of para-hydroxylation sites is 2.